The summed E-state index contributed by atoms with van der Waals surface area (Å²) in [5.41, 5.74) is 8.34. The number of rotatable bonds is 15. The fourth-order valence-corrected chi connectivity index (χ4v) is 4.51. The number of carbonyl (C=O) groups excluding carboxylic acids is 3. The van der Waals surface area contributed by atoms with Crippen molar-refractivity contribution in [3.8, 4) is 5.75 Å². The number of fused-ring (bicyclic) bond motifs is 1. The number of thiol groups is 1. The maximum atomic E-state index is 13.5. The number of H-pyrrole nitrogens is 1. The Morgan fingerprint density at radius 3 is 2.10 bits per heavy atom. The quantitative estimate of drug-likeness (QED) is 0.110. The third-order valence-corrected chi connectivity index (χ3v) is 6.90. The SMILES string of the molecule is NC(Cc1ccc(O)cc1)C(=O)NC(Cc1c[nH]c2ccccc12)C(=O)NC(CS)C(=O)NC(CCC(=O)O)C(=O)O. The summed E-state index contributed by atoms with van der Waals surface area (Å²) in [4.78, 5) is 64.8. The lowest BCUT2D eigenvalue weighted by molar-refractivity contribution is -0.143. The summed E-state index contributed by atoms with van der Waals surface area (Å²) in [7, 11) is 0. The van der Waals surface area contributed by atoms with Crippen molar-refractivity contribution in [1.29, 1.82) is 0 Å². The van der Waals surface area contributed by atoms with Crippen molar-refractivity contribution < 1.29 is 39.3 Å². The lowest BCUT2D eigenvalue weighted by Crippen LogP contribution is -2.58. The lowest BCUT2D eigenvalue weighted by atomic mass is 10.0. The molecule has 0 aliphatic heterocycles. The maximum absolute atomic E-state index is 13.5. The first-order valence-electron chi connectivity index (χ1n) is 13.0. The fraction of sp³-hybridized carbons (Fsp3) is 0.321. The van der Waals surface area contributed by atoms with E-state index in [1.165, 1.54) is 12.1 Å². The van der Waals surface area contributed by atoms with Gasteiger partial charge in [0.05, 0.1) is 6.04 Å². The largest absolute Gasteiger partial charge is 0.508 e. The smallest absolute Gasteiger partial charge is 0.326 e. The summed E-state index contributed by atoms with van der Waals surface area (Å²) in [6, 6.07) is 8.53. The number of aliphatic carboxylic acids is 2. The number of carbonyl (C=O) groups is 5. The van der Waals surface area contributed by atoms with Gasteiger partial charge in [0, 0.05) is 35.7 Å². The number of carboxylic acid groups (broad SMARTS) is 2. The molecule has 0 aliphatic carbocycles. The number of nitrogens with one attached hydrogen (secondary N) is 4. The average molecular weight is 600 g/mol. The Morgan fingerprint density at radius 2 is 1.45 bits per heavy atom. The Hall–Kier alpha value is -4.56. The van der Waals surface area contributed by atoms with E-state index in [1.54, 1.807) is 18.3 Å². The molecule has 0 spiro atoms. The Balaban J connectivity index is 1.77. The number of aromatic amines is 1. The predicted octanol–water partition coefficient (Wildman–Crippen LogP) is 0.320. The first-order valence-corrected chi connectivity index (χ1v) is 13.7. The van der Waals surface area contributed by atoms with E-state index in [1.807, 2.05) is 24.3 Å². The second kappa shape index (κ2) is 14.9. The molecule has 14 heteroatoms. The molecule has 2 aromatic carbocycles. The minimum Gasteiger partial charge on any atom is -0.508 e. The van der Waals surface area contributed by atoms with E-state index in [0.29, 0.717) is 11.1 Å². The topological polar surface area (TPSA) is 224 Å². The van der Waals surface area contributed by atoms with Crippen LogP contribution in [0, 0.1) is 0 Å². The molecule has 4 unspecified atom stereocenters. The van der Waals surface area contributed by atoms with Crippen LogP contribution in [-0.2, 0) is 36.8 Å². The van der Waals surface area contributed by atoms with Gasteiger partial charge in [-0.05, 0) is 42.2 Å². The van der Waals surface area contributed by atoms with Crippen molar-refractivity contribution in [2.45, 2.75) is 49.9 Å². The van der Waals surface area contributed by atoms with Crippen molar-refractivity contribution in [2.75, 3.05) is 5.75 Å². The van der Waals surface area contributed by atoms with Crippen LogP contribution in [0.4, 0.5) is 0 Å². The van der Waals surface area contributed by atoms with E-state index in [9.17, 15) is 34.2 Å². The molecule has 1 aromatic heterocycles. The third-order valence-electron chi connectivity index (χ3n) is 6.54. The van der Waals surface area contributed by atoms with Gasteiger partial charge in [-0.15, -0.1) is 0 Å². The second-order valence-corrected chi connectivity index (χ2v) is 10.0. The molecule has 0 aliphatic rings. The van der Waals surface area contributed by atoms with E-state index in [4.69, 9.17) is 10.8 Å². The van der Waals surface area contributed by atoms with E-state index in [-0.39, 0.29) is 30.8 Å². The number of phenols is 1. The van der Waals surface area contributed by atoms with Crippen molar-refractivity contribution in [3.63, 3.8) is 0 Å². The molecule has 9 N–H and O–H groups in total. The van der Waals surface area contributed by atoms with E-state index in [2.05, 4.69) is 33.6 Å². The van der Waals surface area contributed by atoms with E-state index >= 15 is 0 Å². The van der Waals surface area contributed by atoms with Gasteiger partial charge in [-0.1, -0.05) is 30.3 Å². The predicted molar refractivity (Wildman–Crippen MR) is 156 cm³/mol. The average Bonchev–Trinajstić information content (AvgIpc) is 3.36. The summed E-state index contributed by atoms with van der Waals surface area (Å²) < 4.78 is 0. The van der Waals surface area contributed by atoms with Crippen LogP contribution in [0.3, 0.4) is 0 Å². The Morgan fingerprint density at radius 1 is 0.833 bits per heavy atom. The molecule has 0 saturated heterocycles. The normalized spacial score (nSPS) is 13.9. The molecule has 1 heterocycles. The van der Waals surface area contributed by atoms with Gasteiger partial charge in [-0.3, -0.25) is 19.2 Å². The van der Waals surface area contributed by atoms with Crippen molar-refractivity contribution in [3.05, 3.63) is 65.9 Å². The Kier molecular flexibility index (Phi) is 11.3. The molecular weight excluding hydrogens is 566 g/mol. The summed E-state index contributed by atoms with van der Waals surface area (Å²) in [5.74, 6) is -5.05. The van der Waals surface area contributed by atoms with Crippen LogP contribution in [0.5, 0.6) is 5.75 Å². The van der Waals surface area contributed by atoms with Gasteiger partial charge in [0.15, 0.2) is 0 Å². The fourth-order valence-electron chi connectivity index (χ4n) is 4.25. The van der Waals surface area contributed by atoms with Gasteiger partial charge in [-0.2, -0.15) is 12.6 Å². The second-order valence-electron chi connectivity index (χ2n) is 9.68. The minimum absolute atomic E-state index is 0.0325. The van der Waals surface area contributed by atoms with Gasteiger partial charge in [0.25, 0.3) is 0 Å². The highest BCUT2D eigenvalue weighted by Gasteiger charge is 2.30. The van der Waals surface area contributed by atoms with Crippen LogP contribution in [0.1, 0.15) is 24.0 Å². The summed E-state index contributed by atoms with van der Waals surface area (Å²) in [6.45, 7) is 0. The Bertz CT molecular complexity index is 1430. The van der Waals surface area contributed by atoms with Gasteiger partial charge < -0.3 is 42.0 Å². The minimum atomic E-state index is -1.49. The van der Waals surface area contributed by atoms with Crippen LogP contribution in [0.25, 0.3) is 10.9 Å². The zero-order chi connectivity index (χ0) is 30.8. The summed E-state index contributed by atoms with van der Waals surface area (Å²) in [6.07, 6.45) is 1.02. The third kappa shape index (κ3) is 8.97. The number of aromatic hydroxyl groups is 1. The first-order chi connectivity index (χ1) is 20.0. The van der Waals surface area contributed by atoms with Gasteiger partial charge in [0.2, 0.25) is 17.7 Å². The molecule has 13 nitrogen and oxygen atoms in total. The standard InChI is InChI=1S/C28H33N5O8S/c29-19(11-15-5-7-17(34)8-6-15)25(37)32-22(12-16-13-30-20-4-2-1-3-18(16)20)26(38)33-23(14-42)27(39)31-21(28(40)41)9-10-24(35)36/h1-8,13,19,21-23,30,34,42H,9-12,14,29H2,(H,31,39)(H,32,37)(H,33,38)(H,35,36)(H,40,41). The lowest BCUT2D eigenvalue weighted by Gasteiger charge is -2.24. The van der Waals surface area contributed by atoms with Crippen LogP contribution in [0.15, 0.2) is 54.7 Å². The van der Waals surface area contributed by atoms with Crippen LogP contribution in [-0.4, -0.2) is 79.9 Å². The van der Waals surface area contributed by atoms with Crippen molar-refractivity contribution >= 4 is 53.2 Å². The monoisotopic (exact) mass is 599 g/mol. The van der Waals surface area contributed by atoms with E-state index < -0.39 is 60.2 Å². The summed E-state index contributed by atoms with van der Waals surface area (Å²) >= 11 is 4.11. The van der Waals surface area contributed by atoms with Crippen LogP contribution < -0.4 is 21.7 Å². The highest BCUT2D eigenvalue weighted by molar-refractivity contribution is 7.80. The number of aromatic nitrogens is 1. The number of benzene rings is 2. The van der Waals surface area contributed by atoms with E-state index in [0.717, 1.165) is 10.9 Å². The molecule has 0 fully saturated rings. The molecule has 4 atom stereocenters. The molecule has 3 aromatic rings. The number of phenolic OH excluding ortho intramolecular Hbond substituents is 1. The highest BCUT2D eigenvalue weighted by Crippen LogP contribution is 2.19. The first kappa shape index (κ1) is 32.0. The maximum Gasteiger partial charge on any atom is 0.326 e. The summed E-state index contributed by atoms with van der Waals surface area (Å²) in [5, 5.41) is 35.9. The Labute approximate surface area is 246 Å². The molecule has 3 amide bonds. The zero-order valence-electron chi connectivity index (χ0n) is 22.4. The van der Waals surface area contributed by atoms with Crippen molar-refractivity contribution in [1.82, 2.24) is 20.9 Å². The number of para-hydroxylation sites is 1. The number of hydrogen-bond donors (Lipinski definition) is 9. The molecule has 3 rings (SSSR count). The molecule has 0 saturated carbocycles. The number of hydrogen-bond acceptors (Lipinski definition) is 8. The number of nitrogens with two attached hydrogens (primary N) is 1. The van der Waals surface area contributed by atoms with Gasteiger partial charge in [-0.25, -0.2) is 4.79 Å². The van der Waals surface area contributed by atoms with Gasteiger partial charge in [0.1, 0.15) is 23.9 Å². The molecule has 0 radical (unpaired) electrons. The molecule has 224 valence electrons. The van der Waals surface area contributed by atoms with Crippen molar-refractivity contribution in [2.24, 2.45) is 5.73 Å². The molecular formula is C28H33N5O8S. The van der Waals surface area contributed by atoms with Crippen LogP contribution >= 0.6 is 12.6 Å². The number of amides is 3. The van der Waals surface area contributed by atoms with Gasteiger partial charge >= 0.3 is 11.9 Å². The number of carboxylic acids is 2. The highest BCUT2D eigenvalue weighted by atomic mass is 32.1. The van der Waals surface area contributed by atoms with Crippen LogP contribution in [0.2, 0.25) is 0 Å². The molecule has 0 bridgehead atoms. The zero-order valence-corrected chi connectivity index (χ0v) is 23.3. The molecule has 42 heavy (non-hydrogen) atoms.